The van der Waals surface area contributed by atoms with E-state index >= 15 is 0 Å². The fourth-order valence-corrected chi connectivity index (χ4v) is 2.03. The van der Waals surface area contributed by atoms with Crippen LogP contribution in [-0.4, -0.2) is 40.2 Å². The molecule has 0 saturated heterocycles. The Hall–Kier alpha value is -3.41. The lowest BCUT2D eigenvalue weighted by Crippen LogP contribution is -2.35. The molecule has 1 aliphatic rings. The van der Waals surface area contributed by atoms with E-state index in [0.29, 0.717) is 17.1 Å². The van der Waals surface area contributed by atoms with E-state index < -0.39 is 0 Å². The zero-order valence-corrected chi connectivity index (χ0v) is 11.6. The molecule has 0 radical (unpaired) electrons. The molecule has 2 N–H and O–H groups in total. The Kier molecular flexibility index (Phi) is 3.41. The molecule has 0 spiro atoms. The van der Waals surface area contributed by atoms with Crippen LogP contribution in [0.1, 0.15) is 5.82 Å². The molecule has 1 aliphatic heterocycles. The van der Waals surface area contributed by atoms with Gasteiger partial charge in [-0.15, -0.1) is 10.2 Å². The molecule has 2 heterocycles. The molecule has 110 valence electrons. The van der Waals surface area contributed by atoms with Crippen LogP contribution < -0.4 is 15.0 Å². The van der Waals surface area contributed by atoms with Crippen LogP contribution in [0, 0.1) is 11.3 Å². The molecular formula is C13H11N7O2. The Bertz CT molecular complexity index is 776. The van der Waals surface area contributed by atoms with Crippen molar-refractivity contribution in [3.05, 3.63) is 30.2 Å². The summed E-state index contributed by atoms with van der Waals surface area (Å²) in [7, 11) is 1.67. The third-order valence-corrected chi connectivity index (χ3v) is 3.14. The Balaban J connectivity index is 1.94. The summed E-state index contributed by atoms with van der Waals surface area (Å²) in [5.41, 5.74) is 1.45. The highest BCUT2D eigenvalue weighted by Crippen LogP contribution is 2.38. The number of H-pyrrole nitrogens is 1. The molecule has 1 aromatic carbocycles. The van der Waals surface area contributed by atoms with Crippen molar-refractivity contribution < 1.29 is 9.53 Å². The predicted octanol–water partition coefficient (Wildman–Crippen LogP) is 0.531. The summed E-state index contributed by atoms with van der Waals surface area (Å²) in [6.45, 7) is 0.00903. The SMILES string of the molecule is CN1C(=O)COc2cccc(NC=C(C#N)c3nn[nH]n3)c21. The zero-order valence-electron chi connectivity index (χ0n) is 11.6. The standard InChI is InChI=1S/C13H11N7O2/c1-20-11(21)7-22-10-4-2-3-9(12(10)20)15-6-8(5-14)13-16-18-19-17-13/h2-4,6,15H,7H2,1H3,(H,16,17,18,19). The van der Waals surface area contributed by atoms with Gasteiger partial charge in [0.2, 0.25) is 5.82 Å². The van der Waals surface area contributed by atoms with Gasteiger partial charge in [0.05, 0.1) is 5.69 Å². The second-order valence-electron chi connectivity index (χ2n) is 4.44. The molecule has 1 amide bonds. The van der Waals surface area contributed by atoms with Crippen LogP contribution in [0.4, 0.5) is 11.4 Å². The number of aromatic amines is 1. The Morgan fingerprint density at radius 1 is 1.59 bits per heavy atom. The number of para-hydroxylation sites is 1. The number of carbonyl (C=O) groups excluding carboxylic acids is 1. The number of hydrogen-bond acceptors (Lipinski definition) is 7. The molecule has 0 unspecified atom stereocenters. The predicted molar refractivity (Wildman–Crippen MR) is 76.7 cm³/mol. The normalized spacial score (nSPS) is 14.1. The second-order valence-corrected chi connectivity index (χ2v) is 4.44. The fourth-order valence-electron chi connectivity index (χ4n) is 2.03. The first kappa shape index (κ1) is 13.6. The zero-order chi connectivity index (χ0) is 15.5. The summed E-state index contributed by atoms with van der Waals surface area (Å²) in [5, 5.41) is 25.3. The topological polar surface area (TPSA) is 120 Å². The highest BCUT2D eigenvalue weighted by atomic mass is 16.5. The number of carbonyl (C=O) groups is 1. The third-order valence-electron chi connectivity index (χ3n) is 3.14. The molecule has 0 bridgehead atoms. The van der Waals surface area contributed by atoms with E-state index in [1.165, 1.54) is 11.1 Å². The van der Waals surface area contributed by atoms with Crippen LogP contribution in [0.15, 0.2) is 24.4 Å². The van der Waals surface area contributed by atoms with Gasteiger partial charge in [0, 0.05) is 13.2 Å². The smallest absolute Gasteiger partial charge is 0.264 e. The lowest BCUT2D eigenvalue weighted by molar-refractivity contribution is -0.120. The number of rotatable bonds is 3. The number of tetrazole rings is 1. The lowest BCUT2D eigenvalue weighted by Gasteiger charge is -2.27. The van der Waals surface area contributed by atoms with Crippen LogP contribution in [0.5, 0.6) is 5.75 Å². The number of allylic oxidation sites excluding steroid dienone is 1. The highest BCUT2D eigenvalue weighted by molar-refractivity contribution is 6.01. The Morgan fingerprint density at radius 3 is 3.18 bits per heavy atom. The summed E-state index contributed by atoms with van der Waals surface area (Å²) < 4.78 is 5.40. The van der Waals surface area contributed by atoms with Crippen molar-refractivity contribution in [1.82, 2.24) is 20.6 Å². The highest BCUT2D eigenvalue weighted by Gasteiger charge is 2.24. The summed E-state index contributed by atoms with van der Waals surface area (Å²) in [4.78, 5) is 13.3. The average molecular weight is 297 g/mol. The molecule has 3 rings (SSSR count). The van der Waals surface area contributed by atoms with Crippen molar-refractivity contribution >= 4 is 22.9 Å². The number of aromatic nitrogens is 4. The number of anilines is 2. The van der Waals surface area contributed by atoms with Crippen molar-refractivity contribution in [2.75, 3.05) is 23.9 Å². The number of hydrogen-bond donors (Lipinski definition) is 2. The second kappa shape index (κ2) is 5.53. The largest absolute Gasteiger partial charge is 0.481 e. The average Bonchev–Trinajstić information content (AvgIpc) is 3.06. The number of fused-ring (bicyclic) bond motifs is 1. The van der Waals surface area contributed by atoms with Crippen molar-refractivity contribution in [2.24, 2.45) is 0 Å². The lowest BCUT2D eigenvalue weighted by atomic mass is 10.2. The molecule has 0 aliphatic carbocycles. The maximum absolute atomic E-state index is 11.8. The van der Waals surface area contributed by atoms with Crippen LogP contribution in [0.2, 0.25) is 0 Å². The maximum Gasteiger partial charge on any atom is 0.264 e. The van der Waals surface area contributed by atoms with Gasteiger partial charge >= 0.3 is 0 Å². The van der Waals surface area contributed by atoms with E-state index in [9.17, 15) is 4.79 Å². The first-order valence-electron chi connectivity index (χ1n) is 6.33. The summed E-state index contributed by atoms with van der Waals surface area (Å²) in [6, 6.07) is 7.32. The summed E-state index contributed by atoms with van der Waals surface area (Å²) in [6.07, 6.45) is 1.45. The molecular weight excluding hydrogens is 286 g/mol. The van der Waals surface area contributed by atoms with Gasteiger partial charge in [-0.25, -0.2) is 0 Å². The van der Waals surface area contributed by atoms with Gasteiger partial charge < -0.3 is 15.0 Å². The van der Waals surface area contributed by atoms with E-state index in [1.807, 2.05) is 6.07 Å². The van der Waals surface area contributed by atoms with E-state index in [2.05, 4.69) is 25.9 Å². The monoisotopic (exact) mass is 297 g/mol. The van der Waals surface area contributed by atoms with Gasteiger partial charge in [-0.3, -0.25) is 4.79 Å². The van der Waals surface area contributed by atoms with Gasteiger partial charge in [0.25, 0.3) is 5.91 Å². The molecule has 1 aromatic heterocycles. The minimum absolute atomic E-state index is 0.00903. The van der Waals surface area contributed by atoms with Crippen molar-refractivity contribution in [3.8, 4) is 11.8 Å². The molecule has 9 heteroatoms. The van der Waals surface area contributed by atoms with Crippen molar-refractivity contribution in [3.63, 3.8) is 0 Å². The van der Waals surface area contributed by atoms with E-state index in [1.54, 1.807) is 25.2 Å². The third kappa shape index (κ3) is 2.33. The molecule has 2 aromatic rings. The summed E-state index contributed by atoms with van der Waals surface area (Å²) in [5.74, 6) is 0.628. The summed E-state index contributed by atoms with van der Waals surface area (Å²) >= 11 is 0. The number of benzene rings is 1. The van der Waals surface area contributed by atoms with Gasteiger partial charge in [-0.05, 0) is 17.3 Å². The van der Waals surface area contributed by atoms with E-state index in [4.69, 9.17) is 10.00 Å². The van der Waals surface area contributed by atoms with Crippen LogP contribution in [-0.2, 0) is 4.79 Å². The molecule has 22 heavy (non-hydrogen) atoms. The maximum atomic E-state index is 11.8. The quantitative estimate of drug-likeness (QED) is 0.793. The number of ether oxygens (including phenoxy) is 1. The Labute approximate surface area is 125 Å². The first-order chi connectivity index (χ1) is 10.7. The fraction of sp³-hybridized carbons (Fsp3) is 0.154. The number of nitrogens with zero attached hydrogens (tertiary/aromatic N) is 5. The van der Waals surface area contributed by atoms with E-state index in [-0.39, 0.29) is 23.9 Å². The van der Waals surface area contributed by atoms with E-state index in [0.717, 1.165) is 0 Å². The van der Waals surface area contributed by atoms with Gasteiger partial charge in [0.1, 0.15) is 23.1 Å². The number of nitrogens with one attached hydrogen (secondary N) is 2. The van der Waals surface area contributed by atoms with Crippen molar-refractivity contribution in [1.29, 1.82) is 5.26 Å². The first-order valence-corrected chi connectivity index (χ1v) is 6.33. The van der Waals surface area contributed by atoms with Gasteiger partial charge in [-0.1, -0.05) is 6.07 Å². The molecule has 0 atom stereocenters. The molecule has 0 saturated carbocycles. The van der Waals surface area contributed by atoms with Crippen molar-refractivity contribution in [2.45, 2.75) is 0 Å². The Morgan fingerprint density at radius 2 is 2.45 bits per heavy atom. The number of nitriles is 1. The molecule has 9 nitrogen and oxygen atoms in total. The number of likely N-dealkylation sites (N-methyl/N-ethyl adjacent to an activating group) is 1. The minimum Gasteiger partial charge on any atom is -0.481 e. The van der Waals surface area contributed by atoms with Crippen LogP contribution in [0.25, 0.3) is 5.57 Å². The van der Waals surface area contributed by atoms with Gasteiger partial charge in [-0.2, -0.15) is 10.5 Å². The number of amides is 1. The molecule has 0 fully saturated rings. The van der Waals surface area contributed by atoms with Crippen LogP contribution >= 0.6 is 0 Å². The minimum atomic E-state index is -0.149. The van der Waals surface area contributed by atoms with Crippen LogP contribution in [0.3, 0.4) is 0 Å². The van der Waals surface area contributed by atoms with Gasteiger partial charge in [0.15, 0.2) is 6.61 Å².